The van der Waals surface area contributed by atoms with Crippen LogP contribution in [0.3, 0.4) is 0 Å². The van der Waals surface area contributed by atoms with Gasteiger partial charge in [-0.3, -0.25) is 0 Å². The Hall–Kier alpha value is -1.39. The standard InChI is InChI=1S/C16H10Br2O2/c1-9-6-16(13-8-10(17)2-4-14(13)19)20-15-5-3-11(18)7-12(9)15/h2-8H,1H3/p+1. The Labute approximate surface area is 133 Å². The zero-order valence-electron chi connectivity index (χ0n) is 10.7. The predicted molar refractivity (Wildman–Crippen MR) is 87.9 cm³/mol. The van der Waals surface area contributed by atoms with Gasteiger partial charge in [0.2, 0.25) is 0 Å². The summed E-state index contributed by atoms with van der Waals surface area (Å²) >= 11 is 6.88. The molecule has 0 saturated carbocycles. The third-order valence-electron chi connectivity index (χ3n) is 3.16. The van der Waals surface area contributed by atoms with Gasteiger partial charge in [0.15, 0.2) is 0 Å². The summed E-state index contributed by atoms with van der Waals surface area (Å²) in [4.78, 5) is 0. The molecule has 0 aliphatic carbocycles. The molecule has 20 heavy (non-hydrogen) atoms. The zero-order valence-corrected chi connectivity index (χ0v) is 13.8. The average molecular weight is 395 g/mol. The molecule has 0 bridgehead atoms. The molecule has 1 N–H and O–H groups in total. The molecular weight excluding hydrogens is 384 g/mol. The second-order valence-corrected chi connectivity index (χ2v) is 6.43. The molecule has 0 aliphatic heterocycles. The van der Waals surface area contributed by atoms with Crippen LogP contribution in [0.25, 0.3) is 22.3 Å². The van der Waals surface area contributed by atoms with Crippen LogP contribution in [0.5, 0.6) is 5.75 Å². The number of fused-ring (bicyclic) bond motifs is 1. The Bertz CT molecular complexity index is 813. The SMILES string of the molecule is Cc1cc(-c2cc(Br)ccc2O)[o+]c2ccc(Br)cc12. The van der Waals surface area contributed by atoms with E-state index in [1.165, 1.54) is 0 Å². The molecule has 0 atom stereocenters. The highest BCUT2D eigenvalue weighted by Gasteiger charge is 2.20. The number of rotatable bonds is 1. The maximum absolute atomic E-state index is 10.0. The molecule has 0 amide bonds. The van der Waals surface area contributed by atoms with Gasteiger partial charge < -0.3 is 5.11 Å². The van der Waals surface area contributed by atoms with E-state index in [1.54, 1.807) is 12.1 Å². The van der Waals surface area contributed by atoms with Crippen molar-refractivity contribution in [3.8, 4) is 17.1 Å². The summed E-state index contributed by atoms with van der Waals surface area (Å²) in [7, 11) is 0. The normalized spacial score (nSPS) is 10.9. The van der Waals surface area contributed by atoms with Crippen LogP contribution < -0.4 is 0 Å². The van der Waals surface area contributed by atoms with Crippen LogP contribution in [0, 0.1) is 6.92 Å². The first-order chi connectivity index (χ1) is 9.54. The first kappa shape index (κ1) is 13.6. The minimum atomic E-state index is 0.202. The number of hydrogen-bond acceptors (Lipinski definition) is 1. The Morgan fingerprint density at radius 3 is 2.45 bits per heavy atom. The fourth-order valence-corrected chi connectivity index (χ4v) is 2.88. The van der Waals surface area contributed by atoms with Crippen LogP contribution in [0.15, 0.2) is 55.8 Å². The van der Waals surface area contributed by atoms with Crippen molar-refractivity contribution in [2.24, 2.45) is 0 Å². The van der Waals surface area contributed by atoms with E-state index in [9.17, 15) is 5.11 Å². The van der Waals surface area contributed by atoms with Crippen molar-refractivity contribution in [2.75, 3.05) is 0 Å². The lowest BCUT2D eigenvalue weighted by Crippen LogP contribution is -1.85. The smallest absolute Gasteiger partial charge is 0.364 e. The fourth-order valence-electron chi connectivity index (χ4n) is 2.16. The third kappa shape index (κ3) is 2.45. The summed E-state index contributed by atoms with van der Waals surface area (Å²) in [5, 5.41) is 11.1. The van der Waals surface area contributed by atoms with E-state index in [2.05, 4.69) is 31.9 Å². The molecule has 1 aromatic heterocycles. The minimum Gasteiger partial charge on any atom is -0.507 e. The van der Waals surface area contributed by atoms with Gasteiger partial charge in [0.05, 0.1) is 5.39 Å². The molecule has 2 aromatic carbocycles. The number of halogens is 2. The number of hydrogen-bond donors (Lipinski definition) is 1. The van der Waals surface area contributed by atoms with Crippen LogP contribution in [-0.4, -0.2) is 5.11 Å². The summed E-state index contributed by atoms with van der Waals surface area (Å²) < 4.78 is 7.83. The Morgan fingerprint density at radius 2 is 1.65 bits per heavy atom. The van der Waals surface area contributed by atoms with Crippen LogP contribution >= 0.6 is 31.9 Å². The molecule has 0 spiro atoms. The molecule has 0 aliphatic rings. The molecule has 0 radical (unpaired) electrons. The van der Waals surface area contributed by atoms with Gasteiger partial charge in [-0.25, -0.2) is 4.42 Å². The largest absolute Gasteiger partial charge is 0.507 e. The minimum absolute atomic E-state index is 0.202. The van der Waals surface area contributed by atoms with E-state index >= 15 is 0 Å². The summed E-state index contributed by atoms with van der Waals surface area (Å²) in [5.74, 6) is 0.851. The Kier molecular flexibility index (Phi) is 3.52. The lowest BCUT2D eigenvalue weighted by Gasteiger charge is -2.01. The summed E-state index contributed by atoms with van der Waals surface area (Å²) in [6, 6.07) is 13.1. The predicted octanol–water partition coefficient (Wildman–Crippen LogP) is 5.92. The monoisotopic (exact) mass is 393 g/mol. The van der Waals surface area contributed by atoms with Gasteiger partial charge in [0.25, 0.3) is 0 Å². The van der Waals surface area contributed by atoms with Gasteiger partial charge in [-0.1, -0.05) is 31.9 Å². The van der Waals surface area contributed by atoms with Crippen molar-refractivity contribution in [1.82, 2.24) is 0 Å². The van der Waals surface area contributed by atoms with E-state index in [0.29, 0.717) is 11.3 Å². The van der Waals surface area contributed by atoms with E-state index in [0.717, 1.165) is 25.5 Å². The molecule has 0 fully saturated rings. The maximum atomic E-state index is 10.0. The Morgan fingerprint density at radius 1 is 0.950 bits per heavy atom. The summed E-state index contributed by atoms with van der Waals surface area (Å²) in [6.45, 7) is 2.03. The van der Waals surface area contributed by atoms with E-state index < -0.39 is 0 Å². The van der Waals surface area contributed by atoms with E-state index in [1.807, 2.05) is 37.3 Å². The van der Waals surface area contributed by atoms with Crippen LogP contribution in [-0.2, 0) is 0 Å². The quantitative estimate of drug-likeness (QED) is 0.519. The van der Waals surface area contributed by atoms with E-state index in [-0.39, 0.29) is 5.75 Å². The molecule has 0 unspecified atom stereocenters. The van der Waals surface area contributed by atoms with Crippen molar-refractivity contribution in [1.29, 1.82) is 0 Å². The van der Waals surface area contributed by atoms with Crippen LogP contribution in [0.2, 0.25) is 0 Å². The van der Waals surface area contributed by atoms with Crippen molar-refractivity contribution in [2.45, 2.75) is 6.92 Å². The van der Waals surface area contributed by atoms with Crippen molar-refractivity contribution >= 4 is 42.8 Å². The number of benzene rings is 2. The highest BCUT2D eigenvalue weighted by molar-refractivity contribution is 9.10. The summed E-state index contributed by atoms with van der Waals surface area (Å²) in [5.41, 5.74) is 2.57. The second kappa shape index (κ2) is 5.19. The maximum Gasteiger partial charge on any atom is 0.364 e. The van der Waals surface area contributed by atoms with Gasteiger partial charge in [0, 0.05) is 21.1 Å². The summed E-state index contributed by atoms with van der Waals surface area (Å²) in [6.07, 6.45) is 0. The average Bonchev–Trinajstić information content (AvgIpc) is 2.42. The second-order valence-electron chi connectivity index (χ2n) is 4.60. The van der Waals surface area contributed by atoms with Crippen molar-refractivity contribution in [3.05, 3.63) is 57.0 Å². The van der Waals surface area contributed by atoms with Gasteiger partial charge in [-0.05, 0) is 42.8 Å². The molecule has 3 aromatic rings. The van der Waals surface area contributed by atoms with Crippen molar-refractivity contribution < 1.29 is 9.52 Å². The molecule has 2 nitrogen and oxygen atoms in total. The number of aryl methyl sites for hydroxylation is 1. The lowest BCUT2D eigenvalue weighted by atomic mass is 10.1. The Balaban J connectivity index is 2.27. The number of phenolic OH excluding ortho intramolecular Hbond substituents is 1. The molecule has 4 heteroatoms. The third-order valence-corrected chi connectivity index (χ3v) is 4.14. The molecule has 3 rings (SSSR count). The van der Waals surface area contributed by atoms with Crippen LogP contribution in [0.4, 0.5) is 0 Å². The first-order valence-electron chi connectivity index (χ1n) is 6.06. The zero-order chi connectivity index (χ0) is 14.3. The molecule has 0 saturated heterocycles. The first-order valence-corrected chi connectivity index (χ1v) is 7.65. The highest BCUT2D eigenvalue weighted by Crippen LogP contribution is 2.35. The molecular formula is C16H11Br2O2+. The molecule has 100 valence electrons. The van der Waals surface area contributed by atoms with Gasteiger partial charge in [0.1, 0.15) is 11.3 Å². The number of phenols is 1. The highest BCUT2D eigenvalue weighted by atomic mass is 79.9. The topological polar surface area (TPSA) is 31.5 Å². The van der Waals surface area contributed by atoms with Crippen LogP contribution in [0.1, 0.15) is 5.56 Å². The van der Waals surface area contributed by atoms with Gasteiger partial charge in [-0.15, -0.1) is 0 Å². The van der Waals surface area contributed by atoms with E-state index in [4.69, 9.17) is 4.42 Å². The van der Waals surface area contributed by atoms with Gasteiger partial charge >= 0.3 is 11.3 Å². The molecule has 1 heterocycles. The van der Waals surface area contributed by atoms with Crippen molar-refractivity contribution in [3.63, 3.8) is 0 Å². The fraction of sp³-hybridized carbons (Fsp3) is 0.0625. The number of aromatic hydroxyl groups is 1. The van der Waals surface area contributed by atoms with Gasteiger partial charge in [-0.2, -0.15) is 0 Å². The lowest BCUT2D eigenvalue weighted by molar-refractivity contribution is 0.474.